The minimum atomic E-state index is -0.0680. The molecule has 0 aliphatic carbocycles. The highest BCUT2D eigenvalue weighted by atomic mass is 16.5. The van der Waals surface area contributed by atoms with Crippen LogP contribution in [-0.4, -0.2) is 19.6 Å². The molecule has 0 spiro atoms. The molecule has 0 aliphatic heterocycles. The summed E-state index contributed by atoms with van der Waals surface area (Å²) in [4.78, 5) is 12.3. The van der Waals surface area contributed by atoms with Gasteiger partial charge >= 0.3 is 0 Å². The van der Waals surface area contributed by atoms with Gasteiger partial charge in [0.1, 0.15) is 11.5 Å². The van der Waals surface area contributed by atoms with Crippen molar-refractivity contribution in [3.8, 4) is 11.5 Å². The number of amides is 1. The molecule has 0 aromatic heterocycles. The van der Waals surface area contributed by atoms with Crippen molar-refractivity contribution >= 4 is 11.6 Å². The minimum absolute atomic E-state index is 0.0680. The van der Waals surface area contributed by atoms with Crippen LogP contribution in [0.5, 0.6) is 11.5 Å². The third-order valence-electron chi connectivity index (χ3n) is 4.14. The Hall–Kier alpha value is -3.27. The number of methoxy groups -OCH3 is 1. The fourth-order valence-corrected chi connectivity index (χ4v) is 2.73. The number of rotatable bonds is 8. The second kappa shape index (κ2) is 9.43. The lowest BCUT2D eigenvalue weighted by Gasteiger charge is -2.10. The Morgan fingerprint density at radius 1 is 0.852 bits per heavy atom. The van der Waals surface area contributed by atoms with Gasteiger partial charge in [0.05, 0.1) is 20.1 Å². The maximum absolute atomic E-state index is 12.3. The summed E-state index contributed by atoms with van der Waals surface area (Å²) in [5.41, 5.74) is 2.90. The molecular weight excluding hydrogens is 338 g/mol. The number of benzene rings is 3. The van der Waals surface area contributed by atoms with Gasteiger partial charge in [0.25, 0.3) is 0 Å². The van der Waals surface area contributed by atoms with E-state index < -0.39 is 0 Å². The van der Waals surface area contributed by atoms with Crippen LogP contribution < -0.4 is 14.8 Å². The molecule has 4 heteroatoms. The second-order valence-corrected chi connectivity index (χ2v) is 6.18. The van der Waals surface area contributed by atoms with Crippen LogP contribution in [0, 0.1) is 0 Å². The number of anilines is 1. The van der Waals surface area contributed by atoms with Gasteiger partial charge in [-0.15, -0.1) is 0 Å². The van der Waals surface area contributed by atoms with Gasteiger partial charge in [0, 0.05) is 18.2 Å². The van der Waals surface area contributed by atoms with Gasteiger partial charge in [0.2, 0.25) is 5.91 Å². The van der Waals surface area contributed by atoms with E-state index in [0.29, 0.717) is 13.0 Å². The lowest BCUT2D eigenvalue weighted by Crippen LogP contribution is -2.14. The fraction of sp³-hybridized carbons (Fsp3) is 0.174. The molecule has 0 heterocycles. The smallest absolute Gasteiger partial charge is 0.228 e. The zero-order chi connectivity index (χ0) is 18.9. The van der Waals surface area contributed by atoms with Crippen LogP contribution in [0.1, 0.15) is 11.1 Å². The van der Waals surface area contributed by atoms with Crippen molar-refractivity contribution < 1.29 is 14.3 Å². The Morgan fingerprint density at radius 2 is 1.63 bits per heavy atom. The van der Waals surface area contributed by atoms with Crippen LogP contribution in [0.4, 0.5) is 5.69 Å². The van der Waals surface area contributed by atoms with E-state index in [0.717, 1.165) is 29.2 Å². The van der Waals surface area contributed by atoms with Gasteiger partial charge in [-0.3, -0.25) is 4.79 Å². The molecule has 1 N–H and O–H groups in total. The van der Waals surface area contributed by atoms with Crippen molar-refractivity contribution in [2.75, 3.05) is 19.0 Å². The van der Waals surface area contributed by atoms with E-state index in [-0.39, 0.29) is 5.91 Å². The van der Waals surface area contributed by atoms with E-state index in [4.69, 9.17) is 9.47 Å². The average Bonchev–Trinajstić information content (AvgIpc) is 2.70. The van der Waals surface area contributed by atoms with E-state index >= 15 is 0 Å². The quantitative estimate of drug-likeness (QED) is 0.643. The predicted octanol–water partition coefficient (Wildman–Crippen LogP) is 4.50. The van der Waals surface area contributed by atoms with Gasteiger partial charge in [-0.2, -0.15) is 0 Å². The molecule has 3 aromatic carbocycles. The number of hydrogen-bond donors (Lipinski definition) is 1. The van der Waals surface area contributed by atoms with E-state index in [9.17, 15) is 4.79 Å². The highest BCUT2D eigenvalue weighted by Crippen LogP contribution is 2.18. The first-order valence-electron chi connectivity index (χ1n) is 8.92. The van der Waals surface area contributed by atoms with Gasteiger partial charge in [-0.1, -0.05) is 48.5 Å². The predicted molar refractivity (Wildman–Crippen MR) is 107 cm³/mol. The number of ether oxygens (including phenoxy) is 2. The van der Waals surface area contributed by atoms with Crippen molar-refractivity contribution in [2.45, 2.75) is 12.8 Å². The number of hydrogen-bond acceptors (Lipinski definition) is 3. The second-order valence-electron chi connectivity index (χ2n) is 6.18. The molecule has 0 aliphatic rings. The molecule has 0 saturated carbocycles. The summed E-state index contributed by atoms with van der Waals surface area (Å²) < 4.78 is 10.9. The van der Waals surface area contributed by atoms with Crippen LogP contribution in [-0.2, 0) is 17.6 Å². The molecule has 1 amide bonds. The Kier molecular flexibility index (Phi) is 6.47. The Balaban J connectivity index is 1.51. The zero-order valence-corrected chi connectivity index (χ0v) is 15.4. The van der Waals surface area contributed by atoms with Crippen LogP contribution >= 0.6 is 0 Å². The number of carbonyl (C=O) groups excluding carboxylic acids is 1. The first-order chi connectivity index (χ1) is 13.2. The van der Waals surface area contributed by atoms with Crippen molar-refractivity contribution in [1.82, 2.24) is 0 Å². The molecule has 0 unspecified atom stereocenters. The molecule has 0 fully saturated rings. The van der Waals surface area contributed by atoms with Crippen molar-refractivity contribution in [3.63, 3.8) is 0 Å². The lowest BCUT2D eigenvalue weighted by molar-refractivity contribution is -0.115. The van der Waals surface area contributed by atoms with E-state index in [1.807, 2.05) is 66.7 Å². The summed E-state index contributed by atoms with van der Waals surface area (Å²) in [7, 11) is 1.62. The lowest BCUT2D eigenvalue weighted by atomic mass is 10.1. The Bertz CT molecular complexity index is 860. The first-order valence-corrected chi connectivity index (χ1v) is 8.92. The number of carbonyl (C=O) groups is 1. The third-order valence-corrected chi connectivity index (χ3v) is 4.14. The highest BCUT2D eigenvalue weighted by molar-refractivity contribution is 5.92. The van der Waals surface area contributed by atoms with Gasteiger partial charge < -0.3 is 14.8 Å². The summed E-state index contributed by atoms with van der Waals surface area (Å²) in [6.45, 7) is 0.591. The summed E-state index contributed by atoms with van der Waals surface area (Å²) in [5.74, 6) is 1.45. The molecule has 0 atom stereocenters. The topological polar surface area (TPSA) is 47.6 Å². The summed E-state index contributed by atoms with van der Waals surface area (Å²) in [5, 5.41) is 2.92. The molecule has 0 saturated heterocycles. The fourth-order valence-electron chi connectivity index (χ4n) is 2.73. The highest BCUT2D eigenvalue weighted by Gasteiger charge is 2.06. The standard InChI is InChI=1S/C23H23NO3/c1-26-21-12-10-19(11-13-21)16-23(25)24-20-8-5-9-22(17-20)27-15-14-18-6-3-2-4-7-18/h2-13,17H,14-16H2,1H3,(H,24,25). The molecule has 3 aromatic rings. The van der Waals surface area contributed by atoms with Crippen LogP contribution in [0.3, 0.4) is 0 Å². The first kappa shape index (κ1) is 18.5. The summed E-state index contributed by atoms with van der Waals surface area (Å²) >= 11 is 0. The molecule has 138 valence electrons. The largest absolute Gasteiger partial charge is 0.497 e. The molecule has 4 nitrogen and oxygen atoms in total. The summed E-state index contributed by atoms with van der Waals surface area (Å²) in [6.07, 6.45) is 1.15. The minimum Gasteiger partial charge on any atom is -0.497 e. The molecule has 3 rings (SSSR count). The van der Waals surface area contributed by atoms with Crippen LogP contribution in [0.2, 0.25) is 0 Å². The van der Waals surface area contributed by atoms with E-state index in [2.05, 4.69) is 17.4 Å². The van der Waals surface area contributed by atoms with Crippen molar-refractivity contribution in [3.05, 3.63) is 90.0 Å². The van der Waals surface area contributed by atoms with Crippen molar-refractivity contribution in [1.29, 1.82) is 0 Å². The van der Waals surface area contributed by atoms with Crippen molar-refractivity contribution in [2.24, 2.45) is 0 Å². The van der Waals surface area contributed by atoms with Gasteiger partial charge in [-0.25, -0.2) is 0 Å². The van der Waals surface area contributed by atoms with E-state index in [1.165, 1.54) is 5.56 Å². The third kappa shape index (κ3) is 5.89. The van der Waals surface area contributed by atoms with Gasteiger partial charge in [0.15, 0.2) is 0 Å². The van der Waals surface area contributed by atoms with Gasteiger partial charge in [-0.05, 0) is 35.4 Å². The monoisotopic (exact) mass is 361 g/mol. The maximum atomic E-state index is 12.3. The number of nitrogens with one attached hydrogen (secondary N) is 1. The average molecular weight is 361 g/mol. The molecule has 0 radical (unpaired) electrons. The Labute approximate surface area is 159 Å². The molecule has 0 bridgehead atoms. The maximum Gasteiger partial charge on any atom is 0.228 e. The molecular formula is C23H23NO3. The summed E-state index contributed by atoms with van der Waals surface area (Å²) in [6, 6.07) is 25.2. The van der Waals surface area contributed by atoms with E-state index in [1.54, 1.807) is 7.11 Å². The Morgan fingerprint density at radius 3 is 2.37 bits per heavy atom. The van der Waals surface area contributed by atoms with Crippen LogP contribution in [0.15, 0.2) is 78.9 Å². The van der Waals surface area contributed by atoms with Crippen LogP contribution in [0.25, 0.3) is 0 Å². The SMILES string of the molecule is COc1ccc(CC(=O)Nc2cccc(OCCc3ccccc3)c2)cc1. The zero-order valence-electron chi connectivity index (χ0n) is 15.4. The normalized spacial score (nSPS) is 10.3. The molecule has 27 heavy (non-hydrogen) atoms.